The second-order valence-electron chi connectivity index (χ2n) is 9.23. The van der Waals surface area contributed by atoms with Gasteiger partial charge in [-0.05, 0) is 36.5 Å². The Labute approximate surface area is 191 Å². The Balaban J connectivity index is 1.40. The topological polar surface area (TPSA) is 76.6 Å². The Bertz CT molecular complexity index is 773. The minimum atomic E-state index is -0.0293. The second kappa shape index (κ2) is 10.7. The van der Waals surface area contributed by atoms with E-state index in [0.717, 1.165) is 82.9 Å². The van der Waals surface area contributed by atoms with Crippen LogP contribution in [-0.4, -0.2) is 83.3 Å². The van der Waals surface area contributed by atoms with E-state index in [4.69, 9.17) is 18.9 Å². The fraction of sp³-hybridized carbons (Fsp3) is 0.708. The Morgan fingerprint density at radius 3 is 2.47 bits per heavy atom. The summed E-state index contributed by atoms with van der Waals surface area (Å²) in [6, 6.07) is 6.78. The summed E-state index contributed by atoms with van der Waals surface area (Å²) in [5, 5.41) is 7.19. The number of ether oxygens (including phenoxy) is 4. The van der Waals surface area contributed by atoms with Crippen molar-refractivity contribution in [1.82, 2.24) is 15.5 Å². The number of hydrogen-bond acceptors (Lipinski definition) is 6. The maximum Gasteiger partial charge on any atom is 0.231 e. The third kappa shape index (κ3) is 5.30. The van der Waals surface area contributed by atoms with E-state index < -0.39 is 0 Å². The summed E-state index contributed by atoms with van der Waals surface area (Å²) in [4.78, 5) is 7.04. The van der Waals surface area contributed by atoms with Gasteiger partial charge < -0.3 is 29.6 Å². The van der Waals surface area contributed by atoms with Gasteiger partial charge in [-0.1, -0.05) is 19.9 Å². The molecular weight excluding hydrogens is 408 g/mol. The minimum Gasteiger partial charge on any atom is -0.454 e. The number of rotatable bonds is 7. The molecule has 3 aliphatic rings. The standard InChI is InChI=1S/C24H38N4O4/c1-18(2)20(28-8-12-30-13-9-28)15-26-23(25-3)27-16-24(6-10-29-11-7-24)19-4-5-21-22(14-19)32-17-31-21/h4-5,14,18,20H,6-13,15-17H2,1-3H3,(H2,25,26,27). The lowest BCUT2D eigenvalue weighted by atomic mass is 9.74. The van der Waals surface area contributed by atoms with Crippen LogP contribution in [0.1, 0.15) is 32.3 Å². The van der Waals surface area contributed by atoms with Crippen molar-refractivity contribution in [1.29, 1.82) is 0 Å². The van der Waals surface area contributed by atoms with E-state index in [1.807, 2.05) is 13.1 Å². The molecular formula is C24H38N4O4. The van der Waals surface area contributed by atoms with Crippen molar-refractivity contribution in [3.8, 4) is 11.5 Å². The maximum atomic E-state index is 5.70. The highest BCUT2D eigenvalue weighted by Gasteiger charge is 2.36. The Hall–Kier alpha value is -2.03. The van der Waals surface area contributed by atoms with Gasteiger partial charge in [0.2, 0.25) is 6.79 Å². The van der Waals surface area contributed by atoms with Gasteiger partial charge in [0.25, 0.3) is 0 Å². The molecule has 3 heterocycles. The molecule has 1 aromatic carbocycles. The molecule has 1 unspecified atom stereocenters. The Morgan fingerprint density at radius 1 is 1.03 bits per heavy atom. The highest BCUT2D eigenvalue weighted by molar-refractivity contribution is 5.79. The number of aliphatic imine (C=N–C) groups is 1. The van der Waals surface area contributed by atoms with Crippen LogP contribution in [0, 0.1) is 5.92 Å². The van der Waals surface area contributed by atoms with Gasteiger partial charge in [0.15, 0.2) is 17.5 Å². The molecule has 32 heavy (non-hydrogen) atoms. The zero-order valence-electron chi connectivity index (χ0n) is 19.7. The molecule has 4 rings (SSSR count). The van der Waals surface area contributed by atoms with Crippen molar-refractivity contribution in [2.24, 2.45) is 10.9 Å². The first-order chi connectivity index (χ1) is 15.6. The molecule has 0 amide bonds. The van der Waals surface area contributed by atoms with Gasteiger partial charge in [0, 0.05) is 57.9 Å². The van der Waals surface area contributed by atoms with E-state index >= 15 is 0 Å². The molecule has 178 valence electrons. The van der Waals surface area contributed by atoms with E-state index in [1.165, 1.54) is 5.56 Å². The lowest BCUT2D eigenvalue weighted by Gasteiger charge is -2.39. The van der Waals surface area contributed by atoms with Gasteiger partial charge in [-0.2, -0.15) is 0 Å². The predicted molar refractivity (Wildman–Crippen MR) is 125 cm³/mol. The van der Waals surface area contributed by atoms with E-state index in [9.17, 15) is 0 Å². The maximum absolute atomic E-state index is 5.70. The number of nitrogens with one attached hydrogen (secondary N) is 2. The summed E-state index contributed by atoms with van der Waals surface area (Å²) in [6.07, 6.45) is 1.91. The number of benzene rings is 1. The van der Waals surface area contributed by atoms with E-state index in [0.29, 0.717) is 18.8 Å². The van der Waals surface area contributed by atoms with Crippen LogP contribution in [0.2, 0.25) is 0 Å². The first-order valence-corrected chi connectivity index (χ1v) is 11.9. The van der Waals surface area contributed by atoms with E-state index in [1.54, 1.807) is 0 Å². The molecule has 1 aromatic rings. The van der Waals surface area contributed by atoms with Gasteiger partial charge in [-0.15, -0.1) is 0 Å². The quantitative estimate of drug-likeness (QED) is 0.490. The molecule has 3 aliphatic heterocycles. The molecule has 2 saturated heterocycles. The monoisotopic (exact) mass is 446 g/mol. The van der Waals surface area contributed by atoms with Crippen molar-refractivity contribution in [2.45, 2.75) is 38.1 Å². The van der Waals surface area contributed by atoms with Crippen molar-refractivity contribution in [2.75, 3.05) is 66.4 Å². The lowest BCUT2D eigenvalue weighted by Crippen LogP contribution is -2.54. The van der Waals surface area contributed by atoms with Gasteiger partial charge in [-0.25, -0.2) is 0 Å². The van der Waals surface area contributed by atoms with Crippen LogP contribution in [0.4, 0.5) is 0 Å². The summed E-state index contributed by atoms with van der Waals surface area (Å²) >= 11 is 0. The van der Waals surface area contributed by atoms with Crippen LogP contribution < -0.4 is 20.1 Å². The molecule has 0 bridgehead atoms. The van der Waals surface area contributed by atoms with E-state index in [-0.39, 0.29) is 5.41 Å². The average Bonchev–Trinajstić information content (AvgIpc) is 3.30. The molecule has 0 saturated carbocycles. The van der Waals surface area contributed by atoms with Crippen molar-refractivity contribution < 1.29 is 18.9 Å². The second-order valence-corrected chi connectivity index (χ2v) is 9.23. The van der Waals surface area contributed by atoms with Crippen LogP contribution in [0.3, 0.4) is 0 Å². The smallest absolute Gasteiger partial charge is 0.231 e. The number of nitrogens with zero attached hydrogens (tertiary/aromatic N) is 2. The zero-order chi connectivity index (χ0) is 22.4. The molecule has 8 heteroatoms. The largest absolute Gasteiger partial charge is 0.454 e. The van der Waals surface area contributed by atoms with Crippen LogP contribution in [0.25, 0.3) is 0 Å². The van der Waals surface area contributed by atoms with Crippen LogP contribution in [0.15, 0.2) is 23.2 Å². The van der Waals surface area contributed by atoms with Crippen LogP contribution in [0.5, 0.6) is 11.5 Å². The van der Waals surface area contributed by atoms with Gasteiger partial charge in [-0.3, -0.25) is 9.89 Å². The highest BCUT2D eigenvalue weighted by atomic mass is 16.7. The molecule has 8 nitrogen and oxygen atoms in total. The number of guanidine groups is 1. The molecule has 0 spiro atoms. The zero-order valence-corrected chi connectivity index (χ0v) is 19.7. The van der Waals surface area contributed by atoms with Crippen molar-refractivity contribution in [3.05, 3.63) is 23.8 Å². The third-order valence-corrected chi connectivity index (χ3v) is 7.02. The lowest BCUT2D eigenvalue weighted by molar-refractivity contribution is 0.00750. The summed E-state index contributed by atoms with van der Waals surface area (Å²) in [5.74, 6) is 3.05. The number of morpholine rings is 1. The fourth-order valence-electron chi connectivity index (χ4n) is 4.93. The SMILES string of the molecule is CN=C(NCC(C(C)C)N1CCOCC1)NCC1(c2ccc3c(c2)OCO3)CCOCC1. The van der Waals surface area contributed by atoms with Crippen LogP contribution in [-0.2, 0) is 14.9 Å². The van der Waals surface area contributed by atoms with Gasteiger partial charge in [0.05, 0.1) is 13.2 Å². The van der Waals surface area contributed by atoms with Crippen molar-refractivity contribution in [3.63, 3.8) is 0 Å². The highest BCUT2D eigenvalue weighted by Crippen LogP contribution is 2.40. The summed E-state index contributed by atoms with van der Waals surface area (Å²) in [6.45, 7) is 11.6. The molecule has 0 aromatic heterocycles. The number of hydrogen-bond donors (Lipinski definition) is 2. The van der Waals surface area contributed by atoms with Crippen LogP contribution >= 0.6 is 0 Å². The molecule has 1 atom stereocenters. The average molecular weight is 447 g/mol. The fourth-order valence-corrected chi connectivity index (χ4v) is 4.93. The normalized spacial score (nSPS) is 22.1. The van der Waals surface area contributed by atoms with Crippen molar-refractivity contribution >= 4 is 5.96 Å². The first-order valence-electron chi connectivity index (χ1n) is 11.9. The Morgan fingerprint density at radius 2 is 1.75 bits per heavy atom. The van der Waals surface area contributed by atoms with Gasteiger partial charge >= 0.3 is 0 Å². The summed E-state index contributed by atoms with van der Waals surface area (Å²) < 4.78 is 22.4. The first kappa shape index (κ1) is 23.1. The third-order valence-electron chi connectivity index (χ3n) is 7.02. The molecule has 0 aliphatic carbocycles. The minimum absolute atomic E-state index is 0.0293. The Kier molecular flexibility index (Phi) is 7.75. The van der Waals surface area contributed by atoms with Gasteiger partial charge in [0.1, 0.15) is 0 Å². The molecule has 2 N–H and O–H groups in total. The van der Waals surface area contributed by atoms with E-state index in [2.05, 4.69) is 46.5 Å². The molecule has 2 fully saturated rings. The summed E-state index contributed by atoms with van der Waals surface area (Å²) in [7, 11) is 1.84. The number of fused-ring (bicyclic) bond motifs is 1. The predicted octanol–water partition coefficient (Wildman–Crippen LogP) is 1.99. The summed E-state index contributed by atoms with van der Waals surface area (Å²) in [5.41, 5.74) is 1.24. The molecule has 0 radical (unpaired) electrons.